The monoisotopic (exact) mass is 383 g/mol. The fraction of sp³-hybridized carbons (Fsp3) is 0. The molecule has 140 valence electrons. The van der Waals surface area contributed by atoms with Gasteiger partial charge in [0.15, 0.2) is 5.82 Å². The standard InChI is InChI=1S/C19H12F3N5O/c20-13-2-4-17(15(22)8-13)27-11-12(10-24-27)19(28)25-16-9-14(21)3-5-18(16)26-7-1-6-23-26/h1-11H,(H,25,28). The molecular formula is C19H12F3N5O. The summed E-state index contributed by atoms with van der Waals surface area (Å²) in [5.74, 6) is -2.65. The van der Waals surface area contributed by atoms with E-state index in [-0.39, 0.29) is 16.9 Å². The summed E-state index contributed by atoms with van der Waals surface area (Å²) in [6.45, 7) is 0. The van der Waals surface area contributed by atoms with E-state index in [1.807, 2.05) is 0 Å². The van der Waals surface area contributed by atoms with Crippen LogP contribution in [0.15, 0.2) is 67.3 Å². The Morgan fingerprint density at radius 3 is 2.39 bits per heavy atom. The maximum absolute atomic E-state index is 13.9. The molecule has 0 aliphatic rings. The first-order valence-corrected chi connectivity index (χ1v) is 8.12. The Morgan fingerprint density at radius 2 is 1.68 bits per heavy atom. The van der Waals surface area contributed by atoms with Crippen LogP contribution in [0.2, 0.25) is 0 Å². The number of amides is 1. The molecule has 0 saturated carbocycles. The fourth-order valence-corrected chi connectivity index (χ4v) is 2.65. The Balaban J connectivity index is 1.62. The zero-order chi connectivity index (χ0) is 19.7. The molecule has 0 atom stereocenters. The highest BCUT2D eigenvalue weighted by atomic mass is 19.1. The van der Waals surface area contributed by atoms with Crippen LogP contribution in [0, 0.1) is 17.5 Å². The second-order valence-corrected chi connectivity index (χ2v) is 5.84. The Hall–Kier alpha value is -3.88. The number of anilines is 1. The van der Waals surface area contributed by atoms with Gasteiger partial charge in [0.1, 0.15) is 17.3 Å². The van der Waals surface area contributed by atoms with Crippen molar-refractivity contribution in [1.29, 1.82) is 0 Å². The number of hydrogen-bond donors (Lipinski definition) is 1. The van der Waals surface area contributed by atoms with E-state index in [9.17, 15) is 18.0 Å². The molecular weight excluding hydrogens is 371 g/mol. The van der Waals surface area contributed by atoms with E-state index >= 15 is 0 Å². The lowest BCUT2D eigenvalue weighted by Crippen LogP contribution is -2.14. The van der Waals surface area contributed by atoms with E-state index in [0.717, 1.165) is 16.8 Å². The number of halogens is 3. The molecule has 9 heteroatoms. The number of carbonyl (C=O) groups is 1. The van der Waals surface area contributed by atoms with E-state index < -0.39 is 23.4 Å². The molecule has 0 saturated heterocycles. The number of nitrogens with zero attached hydrogens (tertiary/aromatic N) is 4. The highest BCUT2D eigenvalue weighted by Crippen LogP contribution is 2.22. The molecule has 0 aliphatic heterocycles. The van der Waals surface area contributed by atoms with Crippen molar-refractivity contribution in [3.63, 3.8) is 0 Å². The largest absolute Gasteiger partial charge is 0.320 e. The van der Waals surface area contributed by atoms with Gasteiger partial charge in [0, 0.05) is 24.7 Å². The van der Waals surface area contributed by atoms with Crippen LogP contribution in [0.25, 0.3) is 11.4 Å². The maximum atomic E-state index is 13.9. The first kappa shape index (κ1) is 17.5. The van der Waals surface area contributed by atoms with E-state index in [1.165, 1.54) is 41.3 Å². The molecule has 4 aromatic rings. The Bertz CT molecular complexity index is 1150. The lowest BCUT2D eigenvalue weighted by Gasteiger charge is -2.10. The first-order chi connectivity index (χ1) is 13.5. The predicted molar refractivity (Wildman–Crippen MR) is 95.0 cm³/mol. The molecule has 0 aliphatic carbocycles. The van der Waals surface area contributed by atoms with Crippen molar-refractivity contribution in [2.75, 3.05) is 5.32 Å². The van der Waals surface area contributed by atoms with E-state index in [2.05, 4.69) is 15.5 Å². The Kier molecular flexibility index (Phi) is 4.40. The topological polar surface area (TPSA) is 64.7 Å². The average molecular weight is 383 g/mol. The predicted octanol–water partition coefficient (Wildman–Crippen LogP) is 3.73. The summed E-state index contributed by atoms with van der Waals surface area (Å²) in [6.07, 6.45) is 5.72. The molecule has 2 heterocycles. The van der Waals surface area contributed by atoms with Gasteiger partial charge in [-0.3, -0.25) is 4.79 Å². The first-order valence-electron chi connectivity index (χ1n) is 8.12. The molecule has 4 rings (SSSR count). The van der Waals surface area contributed by atoms with Gasteiger partial charge in [-0.15, -0.1) is 0 Å². The third-order valence-electron chi connectivity index (χ3n) is 3.96. The van der Waals surface area contributed by atoms with Crippen LogP contribution >= 0.6 is 0 Å². The number of hydrogen-bond acceptors (Lipinski definition) is 3. The van der Waals surface area contributed by atoms with Crippen molar-refractivity contribution < 1.29 is 18.0 Å². The second kappa shape index (κ2) is 7.03. The molecule has 1 amide bonds. The van der Waals surface area contributed by atoms with Gasteiger partial charge in [0.2, 0.25) is 0 Å². The fourth-order valence-electron chi connectivity index (χ4n) is 2.65. The van der Waals surface area contributed by atoms with Crippen molar-refractivity contribution in [3.8, 4) is 11.4 Å². The van der Waals surface area contributed by atoms with Crippen molar-refractivity contribution >= 4 is 11.6 Å². The maximum Gasteiger partial charge on any atom is 0.258 e. The van der Waals surface area contributed by atoms with Crippen LogP contribution < -0.4 is 5.32 Å². The number of carbonyl (C=O) groups excluding carboxylic acids is 1. The number of aromatic nitrogens is 4. The summed E-state index contributed by atoms with van der Waals surface area (Å²) in [5, 5.41) is 10.6. The lowest BCUT2D eigenvalue weighted by atomic mass is 10.2. The highest BCUT2D eigenvalue weighted by molar-refractivity contribution is 6.05. The zero-order valence-electron chi connectivity index (χ0n) is 14.2. The van der Waals surface area contributed by atoms with Crippen LogP contribution in [-0.2, 0) is 0 Å². The van der Waals surface area contributed by atoms with Crippen LogP contribution in [0.4, 0.5) is 18.9 Å². The summed E-state index contributed by atoms with van der Waals surface area (Å²) in [6, 6.07) is 8.61. The number of nitrogens with one attached hydrogen (secondary N) is 1. The van der Waals surface area contributed by atoms with E-state index in [0.29, 0.717) is 5.69 Å². The third kappa shape index (κ3) is 3.37. The number of benzene rings is 2. The average Bonchev–Trinajstić information content (AvgIpc) is 3.34. The van der Waals surface area contributed by atoms with Crippen molar-refractivity contribution in [2.45, 2.75) is 0 Å². The third-order valence-corrected chi connectivity index (χ3v) is 3.96. The van der Waals surface area contributed by atoms with Crippen LogP contribution in [0.3, 0.4) is 0 Å². The molecule has 2 aromatic carbocycles. The van der Waals surface area contributed by atoms with Crippen LogP contribution in [0.5, 0.6) is 0 Å². The normalized spacial score (nSPS) is 10.8. The zero-order valence-corrected chi connectivity index (χ0v) is 14.2. The molecule has 0 spiro atoms. The van der Waals surface area contributed by atoms with Gasteiger partial charge in [-0.25, -0.2) is 22.5 Å². The van der Waals surface area contributed by atoms with E-state index in [4.69, 9.17) is 0 Å². The molecule has 0 fully saturated rings. The van der Waals surface area contributed by atoms with Crippen molar-refractivity contribution in [3.05, 3.63) is 90.3 Å². The van der Waals surface area contributed by atoms with E-state index in [1.54, 1.807) is 18.5 Å². The van der Waals surface area contributed by atoms with Gasteiger partial charge in [-0.05, 0) is 36.4 Å². The molecule has 6 nitrogen and oxygen atoms in total. The van der Waals surface area contributed by atoms with Crippen molar-refractivity contribution in [1.82, 2.24) is 19.6 Å². The lowest BCUT2D eigenvalue weighted by molar-refractivity contribution is 0.102. The minimum Gasteiger partial charge on any atom is -0.320 e. The highest BCUT2D eigenvalue weighted by Gasteiger charge is 2.15. The van der Waals surface area contributed by atoms with Crippen LogP contribution in [0.1, 0.15) is 10.4 Å². The minimum atomic E-state index is -0.818. The molecule has 0 radical (unpaired) electrons. The summed E-state index contributed by atoms with van der Waals surface area (Å²) >= 11 is 0. The quantitative estimate of drug-likeness (QED) is 0.584. The Morgan fingerprint density at radius 1 is 0.929 bits per heavy atom. The smallest absolute Gasteiger partial charge is 0.258 e. The van der Waals surface area contributed by atoms with Gasteiger partial charge in [-0.2, -0.15) is 10.2 Å². The summed E-state index contributed by atoms with van der Waals surface area (Å²) in [5.41, 5.74) is 0.772. The van der Waals surface area contributed by atoms with Gasteiger partial charge in [0.05, 0.1) is 23.1 Å². The summed E-state index contributed by atoms with van der Waals surface area (Å²) in [4.78, 5) is 12.6. The molecule has 0 bridgehead atoms. The molecule has 2 aromatic heterocycles. The Labute approximate surface area is 156 Å². The second-order valence-electron chi connectivity index (χ2n) is 5.84. The van der Waals surface area contributed by atoms with Gasteiger partial charge >= 0.3 is 0 Å². The number of rotatable bonds is 4. The van der Waals surface area contributed by atoms with Crippen molar-refractivity contribution in [2.24, 2.45) is 0 Å². The molecule has 28 heavy (non-hydrogen) atoms. The van der Waals surface area contributed by atoms with Gasteiger partial charge < -0.3 is 5.32 Å². The molecule has 0 unspecified atom stereocenters. The summed E-state index contributed by atoms with van der Waals surface area (Å²) < 4.78 is 43.2. The van der Waals surface area contributed by atoms with Crippen LogP contribution in [-0.4, -0.2) is 25.5 Å². The summed E-state index contributed by atoms with van der Waals surface area (Å²) in [7, 11) is 0. The molecule has 1 N–H and O–H groups in total. The minimum absolute atomic E-state index is 0.0107. The van der Waals surface area contributed by atoms with Gasteiger partial charge in [0.25, 0.3) is 5.91 Å². The SMILES string of the molecule is O=C(Nc1cc(F)ccc1-n1cccn1)c1cnn(-c2ccc(F)cc2F)c1. The van der Waals surface area contributed by atoms with Gasteiger partial charge in [-0.1, -0.05) is 0 Å².